The normalized spacial score (nSPS) is 16.9. The molecule has 0 atom stereocenters. The molecule has 0 radical (unpaired) electrons. The molecule has 0 spiro atoms. The maximum absolute atomic E-state index is 12.8. The van der Waals surface area contributed by atoms with Crippen molar-refractivity contribution in [2.24, 2.45) is 11.1 Å². The Labute approximate surface area is 126 Å². The smallest absolute Gasteiger partial charge is 0.230 e. The van der Waals surface area contributed by atoms with Crippen LogP contribution < -0.4 is 5.73 Å². The first-order chi connectivity index (χ1) is 9.48. The van der Waals surface area contributed by atoms with Gasteiger partial charge in [0.25, 0.3) is 0 Å². The highest BCUT2D eigenvalue weighted by atomic mass is 35.5. The summed E-state index contributed by atoms with van der Waals surface area (Å²) in [7, 11) is 0. The lowest BCUT2D eigenvalue weighted by atomic mass is 9.67. The first kappa shape index (κ1) is 15.3. The molecule has 1 aromatic rings. The zero-order chi connectivity index (χ0) is 14.8. The summed E-state index contributed by atoms with van der Waals surface area (Å²) in [6.45, 7) is 5.14. The lowest BCUT2D eigenvalue weighted by Gasteiger charge is -2.44. The third-order valence-electron chi connectivity index (χ3n) is 4.28. The van der Waals surface area contributed by atoms with Crippen LogP contribution in [-0.2, 0) is 11.3 Å². The number of hydrogen-bond acceptors (Lipinski definition) is 2. The highest BCUT2D eigenvalue weighted by Crippen LogP contribution is 2.42. The van der Waals surface area contributed by atoms with Gasteiger partial charge in [0.1, 0.15) is 0 Å². The Bertz CT molecular complexity index is 478. The van der Waals surface area contributed by atoms with E-state index in [-0.39, 0.29) is 17.4 Å². The molecule has 110 valence electrons. The van der Waals surface area contributed by atoms with Gasteiger partial charge in [-0.3, -0.25) is 4.79 Å². The van der Waals surface area contributed by atoms with E-state index in [0.717, 1.165) is 24.8 Å². The van der Waals surface area contributed by atoms with Gasteiger partial charge in [-0.2, -0.15) is 0 Å². The van der Waals surface area contributed by atoms with Crippen molar-refractivity contribution in [1.29, 1.82) is 0 Å². The molecule has 3 nitrogen and oxygen atoms in total. The summed E-state index contributed by atoms with van der Waals surface area (Å²) in [4.78, 5) is 14.8. The minimum Gasteiger partial charge on any atom is -0.335 e. The molecule has 1 fully saturated rings. The molecular formula is C16H23ClN2O. The minimum absolute atomic E-state index is 0.158. The van der Waals surface area contributed by atoms with E-state index in [9.17, 15) is 4.79 Å². The van der Waals surface area contributed by atoms with Crippen molar-refractivity contribution < 1.29 is 4.79 Å². The van der Waals surface area contributed by atoms with Gasteiger partial charge in [0.15, 0.2) is 0 Å². The Morgan fingerprint density at radius 3 is 2.60 bits per heavy atom. The van der Waals surface area contributed by atoms with Gasteiger partial charge in [0.2, 0.25) is 5.91 Å². The van der Waals surface area contributed by atoms with Crippen molar-refractivity contribution in [2.45, 2.75) is 45.7 Å². The number of amides is 1. The lowest BCUT2D eigenvalue weighted by Crippen LogP contribution is -2.53. The Morgan fingerprint density at radius 1 is 1.45 bits per heavy atom. The zero-order valence-electron chi connectivity index (χ0n) is 12.2. The largest absolute Gasteiger partial charge is 0.335 e. The van der Waals surface area contributed by atoms with Crippen LogP contribution in [0.1, 0.15) is 38.7 Å². The van der Waals surface area contributed by atoms with E-state index in [4.69, 9.17) is 17.3 Å². The molecular weight excluding hydrogens is 272 g/mol. The third kappa shape index (κ3) is 2.99. The number of halogens is 1. The Morgan fingerprint density at radius 2 is 2.15 bits per heavy atom. The first-order valence-corrected chi connectivity index (χ1v) is 7.62. The van der Waals surface area contributed by atoms with Crippen molar-refractivity contribution in [3.8, 4) is 0 Å². The molecule has 20 heavy (non-hydrogen) atoms. The van der Waals surface area contributed by atoms with Crippen LogP contribution in [0.3, 0.4) is 0 Å². The quantitative estimate of drug-likeness (QED) is 0.906. The molecule has 0 bridgehead atoms. The molecule has 1 aliphatic carbocycles. The second kappa shape index (κ2) is 6.15. The van der Waals surface area contributed by atoms with Crippen LogP contribution in [0.4, 0.5) is 0 Å². The first-order valence-electron chi connectivity index (χ1n) is 7.24. The molecule has 1 aromatic carbocycles. The predicted molar refractivity (Wildman–Crippen MR) is 82.5 cm³/mol. The second-order valence-electron chi connectivity index (χ2n) is 5.99. The topological polar surface area (TPSA) is 46.3 Å². The average molecular weight is 295 g/mol. The molecule has 0 saturated heterocycles. The zero-order valence-corrected chi connectivity index (χ0v) is 13.0. The van der Waals surface area contributed by atoms with Crippen LogP contribution >= 0.6 is 11.6 Å². The van der Waals surface area contributed by atoms with Crippen LogP contribution in [0.15, 0.2) is 24.3 Å². The number of benzene rings is 1. The Kier molecular flexibility index (Phi) is 4.71. The summed E-state index contributed by atoms with van der Waals surface area (Å²) in [5.74, 6) is 0.196. The number of carbonyl (C=O) groups excluding carboxylic acids is 1. The van der Waals surface area contributed by atoms with Gasteiger partial charge in [-0.25, -0.2) is 0 Å². The van der Waals surface area contributed by atoms with E-state index in [1.807, 2.05) is 43.0 Å². The van der Waals surface area contributed by atoms with Gasteiger partial charge in [0, 0.05) is 24.2 Å². The number of carbonyl (C=O) groups is 1. The summed E-state index contributed by atoms with van der Waals surface area (Å²) in [5.41, 5.74) is 6.60. The molecule has 2 N–H and O–H groups in total. The van der Waals surface area contributed by atoms with E-state index < -0.39 is 0 Å². The highest BCUT2D eigenvalue weighted by Gasteiger charge is 2.45. The summed E-state index contributed by atoms with van der Waals surface area (Å²) in [6, 6.07) is 7.85. The predicted octanol–water partition coefficient (Wildman–Crippen LogP) is 3.21. The number of nitrogens with zero attached hydrogens (tertiary/aromatic N) is 1. The van der Waals surface area contributed by atoms with Gasteiger partial charge in [0.05, 0.1) is 5.41 Å². The van der Waals surface area contributed by atoms with Gasteiger partial charge in [-0.1, -0.05) is 30.2 Å². The van der Waals surface area contributed by atoms with Crippen LogP contribution in [0, 0.1) is 5.41 Å². The number of nitrogens with two attached hydrogens (primary N) is 1. The van der Waals surface area contributed by atoms with Crippen LogP contribution in [0.2, 0.25) is 5.02 Å². The van der Waals surface area contributed by atoms with E-state index in [1.165, 1.54) is 0 Å². The van der Waals surface area contributed by atoms with Crippen molar-refractivity contribution >= 4 is 17.5 Å². The Hall–Kier alpha value is -1.06. The molecule has 0 unspecified atom stereocenters. The SMILES string of the molecule is CC(C)N(Cc1cccc(Cl)c1)C(=O)C1(CN)CCC1. The summed E-state index contributed by atoms with van der Waals surface area (Å²) in [6.07, 6.45) is 2.94. The molecule has 0 heterocycles. The molecule has 4 heteroatoms. The highest BCUT2D eigenvalue weighted by molar-refractivity contribution is 6.30. The third-order valence-corrected chi connectivity index (χ3v) is 4.52. The second-order valence-corrected chi connectivity index (χ2v) is 6.43. The fourth-order valence-electron chi connectivity index (χ4n) is 2.73. The average Bonchev–Trinajstić information content (AvgIpc) is 2.35. The Balaban J connectivity index is 2.17. The van der Waals surface area contributed by atoms with Crippen LogP contribution in [0.25, 0.3) is 0 Å². The van der Waals surface area contributed by atoms with E-state index in [2.05, 4.69) is 0 Å². The van der Waals surface area contributed by atoms with Crippen molar-refractivity contribution in [3.63, 3.8) is 0 Å². The monoisotopic (exact) mass is 294 g/mol. The van der Waals surface area contributed by atoms with Crippen molar-refractivity contribution in [3.05, 3.63) is 34.9 Å². The van der Waals surface area contributed by atoms with Gasteiger partial charge in [-0.05, 0) is 44.4 Å². The minimum atomic E-state index is -0.317. The molecule has 2 rings (SSSR count). The summed E-state index contributed by atoms with van der Waals surface area (Å²) in [5, 5.41) is 0.704. The van der Waals surface area contributed by atoms with Crippen molar-refractivity contribution in [2.75, 3.05) is 6.54 Å². The van der Waals surface area contributed by atoms with Crippen LogP contribution in [0.5, 0.6) is 0 Å². The van der Waals surface area contributed by atoms with Crippen LogP contribution in [-0.4, -0.2) is 23.4 Å². The van der Waals surface area contributed by atoms with E-state index in [1.54, 1.807) is 0 Å². The fraction of sp³-hybridized carbons (Fsp3) is 0.562. The molecule has 1 amide bonds. The maximum atomic E-state index is 12.8. The summed E-state index contributed by atoms with van der Waals surface area (Å²) >= 11 is 6.02. The molecule has 0 aromatic heterocycles. The molecule has 0 aliphatic heterocycles. The molecule has 1 aliphatic rings. The van der Waals surface area contributed by atoms with E-state index in [0.29, 0.717) is 18.1 Å². The maximum Gasteiger partial charge on any atom is 0.230 e. The number of hydrogen-bond donors (Lipinski definition) is 1. The van der Waals surface area contributed by atoms with E-state index >= 15 is 0 Å². The van der Waals surface area contributed by atoms with Gasteiger partial charge < -0.3 is 10.6 Å². The molecule has 1 saturated carbocycles. The standard InChI is InChI=1S/C16H23ClN2O/c1-12(2)19(10-13-5-3-6-14(17)9-13)15(20)16(11-18)7-4-8-16/h3,5-6,9,12H,4,7-8,10-11,18H2,1-2H3. The van der Waals surface area contributed by atoms with Gasteiger partial charge >= 0.3 is 0 Å². The van der Waals surface area contributed by atoms with Gasteiger partial charge in [-0.15, -0.1) is 0 Å². The summed E-state index contributed by atoms with van der Waals surface area (Å²) < 4.78 is 0. The fourth-order valence-corrected chi connectivity index (χ4v) is 2.95. The van der Waals surface area contributed by atoms with Crippen molar-refractivity contribution in [1.82, 2.24) is 4.90 Å². The lowest BCUT2D eigenvalue weighted by molar-refractivity contribution is -0.149. The number of rotatable bonds is 5.